The number of para-hydroxylation sites is 1. The van der Waals surface area contributed by atoms with Gasteiger partial charge in [0.1, 0.15) is 5.52 Å². The Balaban J connectivity index is 2.40. The summed E-state index contributed by atoms with van der Waals surface area (Å²) in [7, 11) is 0. The van der Waals surface area contributed by atoms with Crippen molar-refractivity contribution >= 4 is 33.9 Å². The fourth-order valence-electron chi connectivity index (χ4n) is 1.96. The first-order chi connectivity index (χ1) is 9.65. The molecule has 0 amide bonds. The van der Waals surface area contributed by atoms with Gasteiger partial charge in [0.2, 0.25) is 0 Å². The molecule has 0 unspecified atom stereocenters. The van der Waals surface area contributed by atoms with Crippen molar-refractivity contribution in [1.82, 2.24) is 10.3 Å². The number of fused-ring (bicyclic) bond motifs is 1. The van der Waals surface area contributed by atoms with Crippen LogP contribution in [0.15, 0.2) is 24.4 Å². The van der Waals surface area contributed by atoms with Gasteiger partial charge in [-0.3, -0.25) is 10.1 Å². The molecular formula is C13H15ClN4O2. The first-order valence-corrected chi connectivity index (χ1v) is 6.69. The fourth-order valence-corrected chi connectivity index (χ4v) is 2.18. The zero-order valence-electron chi connectivity index (χ0n) is 11.0. The second-order valence-electron chi connectivity index (χ2n) is 4.19. The zero-order chi connectivity index (χ0) is 14.5. The van der Waals surface area contributed by atoms with Gasteiger partial charge in [-0.15, -0.1) is 0 Å². The van der Waals surface area contributed by atoms with E-state index in [0.29, 0.717) is 28.2 Å². The van der Waals surface area contributed by atoms with Gasteiger partial charge in [-0.2, -0.15) is 0 Å². The summed E-state index contributed by atoms with van der Waals surface area (Å²) in [5.41, 5.74) is 1.00. The van der Waals surface area contributed by atoms with Crippen LogP contribution < -0.4 is 10.6 Å². The maximum absolute atomic E-state index is 11.0. The number of likely N-dealkylation sites (N-methyl/N-ethyl adjacent to an activating group) is 1. The maximum Gasteiger partial charge on any atom is 0.295 e. The normalized spacial score (nSPS) is 10.7. The van der Waals surface area contributed by atoms with Gasteiger partial charge in [0.15, 0.2) is 0 Å². The molecule has 0 spiro atoms. The highest BCUT2D eigenvalue weighted by Crippen LogP contribution is 2.33. The van der Waals surface area contributed by atoms with Crippen LogP contribution in [0.25, 0.3) is 10.9 Å². The number of nitro groups is 1. The van der Waals surface area contributed by atoms with Crippen LogP contribution in [0.3, 0.4) is 0 Å². The maximum atomic E-state index is 11.0. The summed E-state index contributed by atoms with van der Waals surface area (Å²) in [4.78, 5) is 14.7. The third kappa shape index (κ3) is 2.97. The van der Waals surface area contributed by atoms with Crippen LogP contribution in [0.1, 0.15) is 6.92 Å². The number of anilines is 1. The Kier molecular flexibility index (Phi) is 4.70. The number of benzene rings is 1. The number of rotatable bonds is 6. The van der Waals surface area contributed by atoms with Gasteiger partial charge in [-0.1, -0.05) is 30.7 Å². The van der Waals surface area contributed by atoms with E-state index in [-0.39, 0.29) is 5.69 Å². The average Bonchev–Trinajstić information content (AvgIpc) is 2.44. The van der Waals surface area contributed by atoms with E-state index in [4.69, 9.17) is 11.6 Å². The van der Waals surface area contributed by atoms with Crippen LogP contribution in [0.5, 0.6) is 0 Å². The van der Waals surface area contributed by atoms with Gasteiger partial charge in [0.25, 0.3) is 5.69 Å². The molecule has 1 aromatic heterocycles. The van der Waals surface area contributed by atoms with Gasteiger partial charge in [0.05, 0.1) is 15.6 Å². The lowest BCUT2D eigenvalue weighted by Gasteiger charge is -2.11. The van der Waals surface area contributed by atoms with Crippen molar-refractivity contribution in [3.8, 4) is 0 Å². The van der Waals surface area contributed by atoms with Crippen LogP contribution >= 0.6 is 11.6 Å². The van der Waals surface area contributed by atoms with Gasteiger partial charge >= 0.3 is 0 Å². The quantitative estimate of drug-likeness (QED) is 0.486. The molecule has 1 aromatic carbocycles. The molecule has 0 aliphatic rings. The van der Waals surface area contributed by atoms with E-state index in [9.17, 15) is 10.1 Å². The van der Waals surface area contributed by atoms with Crippen LogP contribution in [0.4, 0.5) is 11.4 Å². The first-order valence-electron chi connectivity index (χ1n) is 6.31. The Morgan fingerprint density at radius 2 is 2.20 bits per heavy atom. The number of hydrogen-bond donors (Lipinski definition) is 2. The highest BCUT2D eigenvalue weighted by Gasteiger charge is 2.16. The minimum absolute atomic E-state index is 0.0195. The Morgan fingerprint density at radius 1 is 1.40 bits per heavy atom. The number of nitrogens with zero attached hydrogens (tertiary/aromatic N) is 2. The summed E-state index contributed by atoms with van der Waals surface area (Å²) >= 11 is 6.13. The number of pyridine rings is 1. The first kappa shape index (κ1) is 14.5. The SMILES string of the molecule is CCNCCNc1c(Cl)cnc2c([N+](=O)[O-])cccc12. The monoisotopic (exact) mass is 294 g/mol. The van der Waals surface area contributed by atoms with Gasteiger partial charge < -0.3 is 10.6 Å². The van der Waals surface area contributed by atoms with Gasteiger partial charge in [-0.25, -0.2) is 4.98 Å². The smallest absolute Gasteiger partial charge is 0.295 e. The highest BCUT2D eigenvalue weighted by molar-refractivity contribution is 6.34. The summed E-state index contributed by atoms with van der Waals surface area (Å²) < 4.78 is 0. The molecule has 6 nitrogen and oxygen atoms in total. The summed E-state index contributed by atoms with van der Waals surface area (Å²) in [5, 5.41) is 18.5. The number of halogens is 1. The van der Waals surface area contributed by atoms with Crippen molar-refractivity contribution in [2.24, 2.45) is 0 Å². The summed E-state index contributed by atoms with van der Waals surface area (Å²) in [6.07, 6.45) is 1.44. The second-order valence-corrected chi connectivity index (χ2v) is 4.60. The zero-order valence-corrected chi connectivity index (χ0v) is 11.8. The molecule has 106 valence electrons. The van der Waals surface area contributed by atoms with E-state index in [1.54, 1.807) is 12.1 Å². The number of nitro benzene ring substituents is 1. The molecule has 20 heavy (non-hydrogen) atoms. The Morgan fingerprint density at radius 3 is 2.90 bits per heavy atom. The van der Waals surface area contributed by atoms with Crippen LogP contribution in [-0.2, 0) is 0 Å². The molecule has 2 rings (SSSR count). The molecule has 2 aromatic rings. The molecule has 0 fully saturated rings. The molecule has 0 atom stereocenters. The van der Waals surface area contributed by atoms with E-state index in [1.165, 1.54) is 12.3 Å². The minimum atomic E-state index is -0.439. The second kappa shape index (κ2) is 6.49. The predicted molar refractivity (Wildman–Crippen MR) is 80.4 cm³/mol. The molecule has 7 heteroatoms. The fraction of sp³-hybridized carbons (Fsp3) is 0.308. The van der Waals surface area contributed by atoms with E-state index < -0.39 is 4.92 Å². The molecule has 0 saturated heterocycles. The van der Waals surface area contributed by atoms with Gasteiger partial charge in [0, 0.05) is 30.7 Å². The Bertz CT molecular complexity index is 633. The molecule has 0 radical (unpaired) electrons. The van der Waals surface area contributed by atoms with Crippen LogP contribution in [0, 0.1) is 10.1 Å². The molecule has 0 aliphatic heterocycles. The van der Waals surface area contributed by atoms with E-state index in [1.807, 2.05) is 6.92 Å². The third-order valence-corrected chi connectivity index (χ3v) is 3.17. The average molecular weight is 295 g/mol. The van der Waals surface area contributed by atoms with E-state index >= 15 is 0 Å². The number of nitrogens with one attached hydrogen (secondary N) is 2. The summed E-state index contributed by atoms with van der Waals surface area (Å²) in [6, 6.07) is 4.84. The van der Waals surface area contributed by atoms with E-state index in [0.717, 1.165) is 13.1 Å². The van der Waals surface area contributed by atoms with Crippen molar-refractivity contribution in [2.75, 3.05) is 25.0 Å². The van der Waals surface area contributed by atoms with Crippen molar-refractivity contribution < 1.29 is 4.92 Å². The molecule has 0 saturated carbocycles. The third-order valence-electron chi connectivity index (χ3n) is 2.88. The lowest BCUT2D eigenvalue weighted by Crippen LogP contribution is -2.21. The summed E-state index contributed by atoms with van der Waals surface area (Å²) in [5.74, 6) is 0. The standard InChI is InChI=1S/C13H15ClN4O2/c1-2-15-6-7-16-12-9-4-3-5-11(18(19)20)13(9)17-8-10(12)14/h3-5,8,15H,2,6-7H2,1H3,(H,16,17). The molecular weight excluding hydrogens is 280 g/mol. The molecule has 0 bridgehead atoms. The molecule has 0 aliphatic carbocycles. The van der Waals surface area contributed by atoms with Gasteiger partial charge in [-0.05, 0) is 6.54 Å². The lowest BCUT2D eigenvalue weighted by molar-refractivity contribution is -0.383. The number of non-ortho nitro benzene ring substituents is 1. The Hall–Kier alpha value is -1.92. The largest absolute Gasteiger partial charge is 0.382 e. The topological polar surface area (TPSA) is 80.1 Å². The summed E-state index contributed by atoms with van der Waals surface area (Å²) in [6.45, 7) is 4.37. The van der Waals surface area contributed by atoms with Crippen LogP contribution in [-0.4, -0.2) is 29.5 Å². The number of hydrogen-bond acceptors (Lipinski definition) is 5. The lowest BCUT2D eigenvalue weighted by atomic mass is 10.1. The van der Waals surface area contributed by atoms with Crippen molar-refractivity contribution in [3.63, 3.8) is 0 Å². The number of aromatic nitrogens is 1. The van der Waals surface area contributed by atoms with Crippen molar-refractivity contribution in [2.45, 2.75) is 6.92 Å². The van der Waals surface area contributed by atoms with Crippen molar-refractivity contribution in [3.05, 3.63) is 39.5 Å². The highest BCUT2D eigenvalue weighted by atomic mass is 35.5. The minimum Gasteiger partial charge on any atom is -0.382 e. The van der Waals surface area contributed by atoms with E-state index in [2.05, 4.69) is 15.6 Å². The molecule has 1 heterocycles. The molecule has 2 N–H and O–H groups in total. The Labute approximate surface area is 121 Å². The van der Waals surface area contributed by atoms with Crippen molar-refractivity contribution in [1.29, 1.82) is 0 Å². The van der Waals surface area contributed by atoms with Crippen LogP contribution in [0.2, 0.25) is 5.02 Å². The predicted octanol–water partition coefficient (Wildman–Crippen LogP) is 2.82.